The van der Waals surface area contributed by atoms with Crippen molar-refractivity contribution in [2.75, 3.05) is 13.7 Å². The molecule has 0 aliphatic rings. The van der Waals surface area contributed by atoms with Crippen LogP contribution in [-0.4, -0.2) is 38.3 Å². The van der Waals surface area contributed by atoms with Gasteiger partial charge in [-0.15, -0.1) is 0 Å². The van der Waals surface area contributed by atoms with Crippen molar-refractivity contribution in [2.45, 2.75) is 25.6 Å². The van der Waals surface area contributed by atoms with Crippen LogP contribution in [0.5, 0.6) is 0 Å². The predicted molar refractivity (Wildman–Crippen MR) is 85.2 cm³/mol. The largest absolute Gasteiger partial charge is 0.404 e. The molecular weight excluding hydrogens is 266 g/mol. The van der Waals surface area contributed by atoms with Crippen LogP contribution in [-0.2, 0) is 16.1 Å². The number of aliphatic imine (C=N–C) groups is 1. The molecule has 0 aromatic heterocycles. The molecule has 21 heavy (non-hydrogen) atoms. The minimum Gasteiger partial charge on any atom is -0.404 e. The van der Waals surface area contributed by atoms with Crippen LogP contribution < -0.4 is 11.1 Å². The molecule has 0 heterocycles. The van der Waals surface area contributed by atoms with E-state index >= 15 is 0 Å². The minimum atomic E-state index is -0.315. The molecule has 0 bridgehead atoms. The molecule has 0 saturated carbocycles. The van der Waals surface area contributed by atoms with Gasteiger partial charge in [-0.3, -0.25) is 4.99 Å². The Bertz CT molecular complexity index is 472. The summed E-state index contributed by atoms with van der Waals surface area (Å²) >= 11 is 0. The third kappa shape index (κ3) is 5.89. The van der Waals surface area contributed by atoms with Crippen molar-refractivity contribution in [2.24, 2.45) is 10.7 Å². The van der Waals surface area contributed by atoms with Gasteiger partial charge < -0.3 is 20.6 Å². The van der Waals surface area contributed by atoms with E-state index in [0.717, 1.165) is 17.4 Å². The first-order valence-electron chi connectivity index (χ1n) is 6.91. The van der Waals surface area contributed by atoms with Crippen LogP contribution in [0, 0.1) is 0 Å². The Morgan fingerprint density at radius 1 is 1.43 bits per heavy atom. The summed E-state index contributed by atoms with van der Waals surface area (Å²) in [5.74, 6) is 0. The van der Waals surface area contributed by atoms with Crippen molar-refractivity contribution in [1.29, 1.82) is 0 Å². The zero-order chi connectivity index (χ0) is 15.5. The molecule has 5 heteroatoms. The van der Waals surface area contributed by atoms with Gasteiger partial charge >= 0.3 is 0 Å². The summed E-state index contributed by atoms with van der Waals surface area (Å²) in [7, 11) is 1.83. The lowest BCUT2D eigenvalue weighted by atomic mass is 10.1. The highest BCUT2D eigenvalue weighted by molar-refractivity contribution is 5.80. The lowest BCUT2D eigenvalue weighted by Crippen LogP contribution is -2.39. The molecular formula is C16H23N3O2. The second-order valence-corrected chi connectivity index (χ2v) is 4.62. The van der Waals surface area contributed by atoms with Gasteiger partial charge in [0.05, 0.1) is 6.54 Å². The van der Waals surface area contributed by atoms with Crippen LogP contribution in [0.1, 0.15) is 12.5 Å². The van der Waals surface area contributed by atoms with E-state index in [1.54, 1.807) is 6.21 Å². The molecule has 5 nitrogen and oxygen atoms in total. The zero-order valence-electron chi connectivity index (χ0n) is 12.5. The molecule has 0 radical (unpaired) electrons. The van der Waals surface area contributed by atoms with E-state index in [2.05, 4.69) is 10.3 Å². The molecule has 0 fully saturated rings. The molecule has 3 N–H and O–H groups in total. The fourth-order valence-electron chi connectivity index (χ4n) is 1.87. The minimum absolute atomic E-state index is 0.0166. The maximum Gasteiger partial charge on any atom is 0.145 e. The molecule has 1 rings (SSSR count). The third-order valence-electron chi connectivity index (χ3n) is 3.13. The number of likely N-dealkylation sites (N-methyl/N-ethyl adjacent to an activating group) is 1. The molecule has 2 atom stereocenters. The molecule has 0 saturated heterocycles. The monoisotopic (exact) mass is 289 g/mol. The Hall–Kier alpha value is -1.98. The molecule has 114 valence electrons. The summed E-state index contributed by atoms with van der Waals surface area (Å²) in [5, 5.41) is 3.10. The zero-order valence-corrected chi connectivity index (χ0v) is 12.5. The number of nitrogens with two attached hydrogens (primary N) is 1. The second kappa shape index (κ2) is 9.85. The van der Waals surface area contributed by atoms with Crippen LogP contribution in [0.15, 0.2) is 47.1 Å². The summed E-state index contributed by atoms with van der Waals surface area (Å²) < 4.78 is 5.53. The first-order valence-corrected chi connectivity index (χ1v) is 6.91. The number of carbonyl (C=O) groups excluding carboxylic acids is 1. The SMILES string of the molecule is CNC(C)C(OCC=O)/C(C=NCc1ccccc1)=C/N. The smallest absolute Gasteiger partial charge is 0.145 e. The number of carbonyl (C=O) groups is 1. The lowest BCUT2D eigenvalue weighted by molar-refractivity contribution is -0.113. The molecule has 0 spiro atoms. The predicted octanol–water partition coefficient (Wildman–Crippen LogP) is 1.29. The number of hydrogen-bond acceptors (Lipinski definition) is 5. The molecule has 1 aromatic rings. The van der Waals surface area contributed by atoms with Gasteiger partial charge in [0.1, 0.15) is 19.0 Å². The normalized spacial score (nSPS) is 15.0. The topological polar surface area (TPSA) is 76.7 Å². The van der Waals surface area contributed by atoms with Gasteiger partial charge in [-0.25, -0.2) is 0 Å². The van der Waals surface area contributed by atoms with Gasteiger partial charge in [0.25, 0.3) is 0 Å². The summed E-state index contributed by atoms with van der Waals surface area (Å²) in [6.45, 7) is 2.57. The molecule has 2 unspecified atom stereocenters. The average molecular weight is 289 g/mol. The van der Waals surface area contributed by atoms with Crippen molar-refractivity contribution < 1.29 is 9.53 Å². The highest BCUT2D eigenvalue weighted by atomic mass is 16.5. The summed E-state index contributed by atoms with van der Waals surface area (Å²) in [5.41, 5.74) is 7.54. The van der Waals surface area contributed by atoms with E-state index in [-0.39, 0.29) is 18.8 Å². The van der Waals surface area contributed by atoms with Crippen LogP contribution in [0.25, 0.3) is 0 Å². The van der Waals surface area contributed by atoms with Crippen molar-refractivity contribution in [3.05, 3.63) is 47.7 Å². The van der Waals surface area contributed by atoms with Gasteiger partial charge in [-0.2, -0.15) is 0 Å². The van der Waals surface area contributed by atoms with Gasteiger partial charge in [0.15, 0.2) is 0 Å². The summed E-state index contributed by atoms with van der Waals surface area (Å²) in [4.78, 5) is 14.9. The highest BCUT2D eigenvalue weighted by Crippen LogP contribution is 2.09. The Kier molecular flexibility index (Phi) is 8.01. The van der Waals surface area contributed by atoms with E-state index in [4.69, 9.17) is 10.5 Å². The number of rotatable bonds is 9. The maximum atomic E-state index is 10.5. The lowest BCUT2D eigenvalue weighted by Gasteiger charge is -2.23. The Morgan fingerprint density at radius 2 is 2.14 bits per heavy atom. The maximum absolute atomic E-state index is 10.5. The van der Waals surface area contributed by atoms with Gasteiger partial charge in [-0.05, 0) is 19.5 Å². The van der Waals surface area contributed by atoms with Gasteiger partial charge in [0, 0.05) is 24.0 Å². The molecule has 0 amide bonds. The van der Waals surface area contributed by atoms with Crippen molar-refractivity contribution in [1.82, 2.24) is 5.32 Å². The number of ether oxygens (including phenoxy) is 1. The first kappa shape index (κ1) is 17.1. The Balaban J connectivity index is 2.71. The number of benzene rings is 1. The van der Waals surface area contributed by atoms with Crippen molar-refractivity contribution >= 4 is 12.5 Å². The Morgan fingerprint density at radius 3 is 2.71 bits per heavy atom. The van der Waals surface area contributed by atoms with E-state index in [9.17, 15) is 4.79 Å². The third-order valence-corrected chi connectivity index (χ3v) is 3.13. The number of hydrogen-bond donors (Lipinski definition) is 2. The number of nitrogens with one attached hydrogen (secondary N) is 1. The first-order chi connectivity index (χ1) is 10.2. The average Bonchev–Trinajstić information content (AvgIpc) is 2.53. The second-order valence-electron chi connectivity index (χ2n) is 4.62. The number of nitrogens with zero attached hydrogens (tertiary/aromatic N) is 1. The highest BCUT2D eigenvalue weighted by Gasteiger charge is 2.19. The van der Waals surface area contributed by atoms with Gasteiger partial charge in [0.2, 0.25) is 0 Å². The molecule has 0 aliphatic heterocycles. The fourth-order valence-corrected chi connectivity index (χ4v) is 1.87. The van der Waals surface area contributed by atoms with Gasteiger partial charge in [-0.1, -0.05) is 30.3 Å². The number of aldehydes is 1. The fraction of sp³-hybridized carbons (Fsp3) is 0.375. The van der Waals surface area contributed by atoms with E-state index in [0.29, 0.717) is 6.54 Å². The van der Waals surface area contributed by atoms with E-state index in [1.165, 1.54) is 6.20 Å². The van der Waals surface area contributed by atoms with Crippen LogP contribution in [0.3, 0.4) is 0 Å². The quantitative estimate of drug-likeness (QED) is 0.530. The Labute approximate surface area is 125 Å². The standard InChI is InChI=1S/C16H23N3O2/c1-13(18-2)16(21-9-8-20)15(10-17)12-19-11-14-6-4-3-5-7-14/h3-8,10,12-13,16,18H,9,11,17H2,1-2H3/b15-10+,19-12?. The molecule has 1 aromatic carbocycles. The summed E-state index contributed by atoms with van der Waals surface area (Å²) in [6.07, 6.45) is 3.59. The van der Waals surface area contributed by atoms with Crippen LogP contribution in [0.2, 0.25) is 0 Å². The van der Waals surface area contributed by atoms with Crippen molar-refractivity contribution in [3.8, 4) is 0 Å². The molecule has 0 aliphatic carbocycles. The van der Waals surface area contributed by atoms with Crippen molar-refractivity contribution in [3.63, 3.8) is 0 Å². The summed E-state index contributed by atoms with van der Waals surface area (Å²) in [6, 6.07) is 9.96. The van der Waals surface area contributed by atoms with Crippen LogP contribution in [0.4, 0.5) is 0 Å². The van der Waals surface area contributed by atoms with E-state index in [1.807, 2.05) is 44.3 Å². The van der Waals surface area contributed by atoms with E-state index < -0.39 is 0 Å². The van der Waals surface area contributed by atoms with Crippen LogP contribution >= 0.6 is 0 Å².